The van der Waals surface area contributed by atoms with Gasteiger partial charge in [-0.05, 0) is 19.6 Å². The van der Waals surface area contributed by atoms with E-state index < -0.39 is 0 Å². The van der Waals surface area contributed by atoms with Crippen LogP contribution in [0, 0.1) is 5.41 Å². The van der Waals surface area contributed by atoms with Gasteiger partial charge in [0, 0.05) is 33.1 Å². The number of amides is 1. The Labute approximate surface area is 174 Å². The molecule has 1 amide bonds. The highest BCUT2D eigenvalue weighted by atomic mass is 16.1. The third-order valence-electron chi connectivity index (χ3n) is 3.45. The van der Waals surface area contributed by atoms with Crippen LogP contribution in [0.5, 0.6) is 0 Å². The summed E-state index contributed by atoms with van der Waals surface area (Å²) < 4.78 is 0. The number of hydrogen-bond donors (Lipinski definition) is 4. The minimum atomic E-state index is -0.0644. The monoisotopic (exact) mass is 404 g/mol. The Kier molecular flexibility index (Phi) is 16.3. The molecule has 0 aromatic carbocycles. The summed E-state index contributed by atoms with van der Waals surface area (Å²) in [5.41, 5.74) is 11.9. The van der Waals surface area contributed by atoms with Crippen LogP contribution in [0.3, 0.4) is 0 Å². The van der Waals surface area contributed by atoms with Crippen molar-refractivity contribution in [2.24, 2.45) is 4.99 Å². The third-order valence-corrected chi connectivity index (χ3v) is 3.45. The predicted molar refractivity (Wildman–Crippen MR) is 123 cm³/mol. The van der Waals surface area contributed by atoms with E-state index in [1.807, 2.05) is 18.7 Å². The molecule has 1 aromatic heterocycles. The summed E-state index contributed by atoms with van der Waals surface area (Å²) in [5.74, 6) is 0.536. The standard InChI is InChI=1S/C12H19N7O.C4H6.C2H5N.C2H6/c1-7(20)18-8-3-2-4-19(5-8)12(15)9-10(13)16-6-17-11(9)14;1-3-4-2;1-3-2;1-2/h6,8,15H,2-5H2,1H3,(H,18,20)(H4,13,14,16,17);3-4H,1-2H2;1H2,2H3;1-2H3. The summed E-state index contributed by atoms with van der Waals surface area (Å²) in [7, 11) is 1.64. The molecule has 6 N–H and O–H groups in total. The molecule has 9 nitrogen and oxygen atoms in total. The number of amidine groups is 1. The van der Waals surface area contributed by atoms with Crippen molar-refractivity contribution in [1.29, 1.82) is 5.41 Å². The average Bonchev–Trinajstić information content (AvgIpc) is 2.70. The molecule has 2 rings (SSSR count). The van der Waals surface area contributed by atoms with Gasteiger partial charge in [-0.1, -0.05) is 39.2 Å². The smallest absolute Gasteiger partial charge is 0.217 e. The Balaban J connectivity index is 0. The Morgan fingerprint density at radius 3 is 2.21 bits per heavy atom. The van der Waals surface area contributed by atoms with Crippen molar-refractivity contribution in [2.75, 3.05) is 31.6 Å². The molecule has 9 heteroatoms. The van der Waals surface area contributed by atoms with Gasteiger partial charge >= 0.3 is 0 Å². The zero-order chi connectivity index (χ0) is 22.8. The van der Waals surface area contributed by atoms with E-state index in [9.17, 15) is 4.79 Å². The molecule has 0 aliphatic carbocycles. The number of hydrogen-bond acceptors (Lipinski definition) is 7. The van der Waals surface area contributed by atoms with Gasteiger partial charge in [0.05, 0.1) is 0 Å². The van der Waals surface area contributed by atoms with Crippen LogP contribution in [0.25, 0.3) is 0 Å². The Morgan fingerprint density at radius 1 is 1.31 bits per heavy atom. The minimum Gasteiger partial charge on any atom is -0.383 e. The predicted octanol–water partition coefficient (Wildman–Crippen LogP) is 2.27. The molecular weight excluding hydrogens is 368 g/mol. The number of carbonyl (C=O) groups is 1. The number of aromatic nitrogens is 2. The summed E-state index contributed by atoms with van der Waals surface area (Å²) in [6.45, 7) is 16.6. The Bertz CT molecular complexity index is 634. The molecule has 0 spiro atoms. The molecule has 0 saturated carbocycles. The highest BCUT2D eigenvalue weighted by molar-refractivity contribution is 6.04. The maximum atomic E-state index is 11.1. The summed E-state index contributed by atoms with van der Waals surface area (Å²) in [5, 5.41) is 11.1. The number of likely N-dealkylation sites (tertiary alicyclic amines) is 1. The molecule has 1 fully saturated rings. The first kappa shape index (κ1) is 28.0. The molecule has 1 aliphatic heterocycles. The molecule has 162 valence electrons. The fraction of sp³-hybridized carbons (Fsp3) is 0.450. The third kappa shape index (κ3) is 11.3. The van der Waals surface area contributed by atoms with Crippen molar-refractivity contribution in [3.05, 3.63) is 37.2 Å². The van der Waals surface area contributed by atoms with Crippen LogP contribution in [0.2, 0.25) is 0 Å². The Morgan fingerprint density at radius 2 is 1.79 bits per heavy atom. The molecule has 2 heterocycles. The molecule has 29 heavy (non-hydrogen) atoms. The van der Waals surface area contributed by atoms with Gasteiger partial charge in [-0.3, -0.25) is 10.2 Å². The van der Waals surface area contributed by atoms with Crippen LogP contribution in [0.4, 0.5) is 11.6 Å². The average molecular weight is 405 g/mol. The summed E-state index contributed by atoms with van der Waals surface area (Å²) in [6.07, 6.45) is 6.35. The number of rotatable bonds is 3. The topological polar surface area (TPSA) is 146 Å². The number of nitrogens with one attached hydrogen (secondary N) is 2. The first-order valence-corrected chi connectivity index (χ1v) is 9.37. The van der Waals surface area contributed by atoms with E-state index in [2.05, 4.69) is 40.2 Å². The number of piperidine rings is 1. The molecule has 1 unspecified atom stereocenters. The first-order valence-electron chi connectivity index (χ1n) is 9.37. The van der Waals surface area contributed by atoms with Crippen molar-refractivity contribution in [3.63, 3.8) is 0 Å². The second-order valence-corrected chi connectivity index (χ2v) is 5.64. The van der Waals surface area contributed by atoms with Gasteiger partial charge in [0.1, 0.15) is 29.4 Å². The van der Waals surface area contributed by atoms with Gasteiger partial charge in [0.2, 0.25) is 5.91 Å². The first-order chi connectivity index (χ1) is 13.8. The SMILES string of the molecule is C=CC=C.C=NC.CC.CC(=O)NC1CCCN(C(=N)c2c(N)ncnc2N)C1. The van der Waals surface area contributed by atoms with Crippen LogP contribution in [0.1, 0.15) is 39.2 Å². The van der Waals surface area contributed by atoms with Crippen molar-refractivity contribution in [1.82, 2.24) is 20.2 Å². The lowest BCUT2D eigenvalue weighted by molar-refractivity contribution is -0.119. The fourth-order valence-electron chi connectivity index (χ4n) is 2.40. The molecule has 1 aliphatic rings. The number of aliphatic imine (C=N–C) groups is 1. The largest absolute Gasteiger partial charge is 0.383 e. The van der Waals surface area contributed by atoms with E-state index in [4.69, 9.17) is 16.9 Å². The highest BCUT2D eigenvalue weighted by Gasteiger charge is 2.25. The number of anilines is 2. The van der Waals surface area contributed by atoms with Crippen molar-refractivity contribution >= 4 is 30.1 Å². The summed E-state index contributed by atoms with van der Waals surface area (Å²) >= 11 is 0. The number of nitrogens with two attached hydrogens (primary N) is 2. The number of nitrogens with zero attached hydrogens (tertiary/aromatic N) is 4. The lowest BCUT2D eigenvalue weighted by Crippen LogP contribution is -2.49. The zero-order valence-electron chi connectivity index (χ0n) is 18.1. The van der Waals surface area contributed by atoms with Gasteiger partial charge in [-0.2, -0.15) is 0 Å². The minimum absolute atomic E-state index is 0.0358. The normalized spacial score (nSPS) is 14.2. The van der Waals surface area contributed by atoms with Gasteiger partial charge in [-0.15, -0.1) is 0 Å². The second-order valence-electron chi connectivity index (χ2n) is 5.64. The van der Waals surface area contributed by atoms with Crippen LogP contribution in [-0.2, 0) is 4.79 Å². The van der Waals surface area contributed by atoms with Crippen LogP contribution in [-0.4, -0.2) is 59.5 Å². The zero-order valence-corrected chi connectivity index (χ0v) is 18.1. The summed E-state index contributed by atoms with van der Waals surface area (Å²) in [4.78, 5) is 24.0. The van der Waals surface area contributed by atoms with Gasteiger partial charge in [-0.25, -0.2) is 9.97 Å². The van der Waals surface area contributed by atoms with Crippen LogP contribution < -0.4 is 16.8 Å². The van der Waals surface area contributed by atoms with Crippen molar-refractivity contribution in [2.45, 2.75) is 39.7 Å². The van der Waals surface area contributed by atoms with E-state index in [0.29, 0.717) is 12.1 Å². The molecule has 0 radical (unpaired) electrons. The number of carbonyl (C=O) groups excluding carboxylic acids is 1. The maximum absolute atomic E-state index is 11.1. The van der Waals surface area contributed by atoms with Crippen molar-refractivity contribution < 1.29 is 4.79 Å². The molecule has 1 saturated heterocycles. The lowest BCUT2D eigenvalue weighted by Gasteiger charge is -2.34. The van der Waals surface area contributed by atoms with E-state index in [1.165, 1.54) is 13.3 Å². The molecule has 0 bridgehead atoms. The van der Waals surface area contributed by atoms with Gasteiger partial charge in [0.15, 0.2) is 0 Å². The van der Waals surface area contributed by atoms with Gasteiger partial charge < -0.3 is 26.7 Å². The van der Waals surface area contributed by atoms with Crippen LogP contribution >= 0.6 is 0 Å². The Hall–Kier alpha value is -3.23. The van der Waals surface area contributed by atoms with E-state index in [1.54, 1.807) is 19.2 Å². The fourth-order valence-corrected chi connectivity index (χ4v) is 2.40. The number of nitrogen functional groups attached to an aromatic ring is 2. The van der Waals surface area contributed by atoms with Gasteiger partial charge in [0.25, 0.3) is 0 Å². The van der Waals surface area contributed by atoms with E-state index in [0.717, 1.165) is 19.4 Å². The maximum Gasteiger partial charge on any atom is 0.217 e. The quantitative estimate of drug-likeness (QED) is 0.345. The van der Waals surface area contributed by atoms with Crippen molar-refractivity contribution in [3.8, 4) is 0 Å². The molecule has 1 atom stereocenters. The van der Waals surface area contributed by atoms with E-state index in [-0.39, 0.29) is 29.4 Å². The van der Waals surface area contributed by atoms with Crippen LogP contribution in [0.15, 0.2) is 36.6 Å². The lowest BCUT2D eigenvalue weighted by atomic mass is 10.0. The molecule has 1 aromatic rings. The second kappa shape index (κ2) is 16.9. The van der Waals surface area contributed by atoms with E-state index >= 15 is 0 Å². The summed E-state index contributed by atoms with van der Waals surface area (Å²) in [6, 6.07) is 0.0358. The number of allylic oxidation sites excluding steroid dienone is 2. The molecular formula is C20H36N8O. The highest BCUT2D eigenvalue weighted by Crippen LogP contribution is 2.19.